The van der Waals surface area contributed by atoms with E-state index in [0.717, 1.165) is 5.69 Å². The summed E-state index contributed by atoms with van der Waals surface area (Å²) in [6.07, 6.45) is 1.84. The highest BCUT2D eigenvalue weighted by Crippen LogP contribution is 2.15. The van der Waals surface area contributed by atoms with Crippen molar-refractivity contribution in [1.29, 1.82) is 5.26 Å². The van der Waals surface area contributed by atoms with Crippen LogP contribution in [0.3, 0.4) is 0 Å². The summed E-state index contributed by atoms with van der Waals surface area (Å²) in [6.45, 7) is 0. The first-order valence-electron chi connectivity index (χ1n) is 6.29. The predicted octanol–water partition coefficient (Wildman–Crippen LogP) is 3.36. The first-order chi connectivity index (χ1) is 10.3. The number of Topliss-reactive ketones (excluding diaryl/α,β-unsaturated/α-hetero) is 1. The maximum atomic E-state index is 12.0. The molecule has 0 spiro atoms. The van der Waals surface area contributed by atoms with Crippen molar-refractivity contribution in [2.24, 2.45) is 4.99 Å². The number of benzene rings is 2. The maximum Gasteiger partial charge on any atom is 0.183 e. The smallest absolute Gasteiger partial charge is 0.183 e. The second-order valence-electron chi connectivity index (χ2n) is 4.07. The second kappa shape index (κ2) is 7.88. The SMILES string of the molecule is N#CNC(=Nc1ccccc1)SCC(=O)c1ccccc1. The molecular formula is C16H13N3OS. The van der Waals surface area contributed by atoms with E-state index in [9.17, 15) is 4.79 Å². The lowest BCUT2D eigenvalue weighted by molar-refractivity contribution is 0.102. The molecule has 0 atom stereocenters. The van der Waals surface area contributed by atoms with E-state index in [1.807, 2.05) is 54.7 Å². The van der Waals surface area contributed by atoms with Gasteiger partial charge in [-0.2, -0.15) is 5.26 Å². The molecule has 0 unspecified atom stereocenters. The number of nitrogens with one attached hydrogen (secondary N) is 1. The summed E-state index contributed by atoms with van der Waals surface area (Å²) in [5.74, 6) is 0.228. The summed E-state index contributed by atoms with van der Waals surface area (Å²) >= 11 is 1.21. The number of carbonyl (C=O) groups excluding carboxylic acids is 1. The van der Waals surface area contributed by atoms with Gasteiger partial charge >= 0.3 is 0 Å². The van der Waals surface area contributed by atoms with Gasteiger partial charge in [0.15, 0.2) is 17.1 Å². The fourth-order valence-corrected chi connectivity index (χ4v) is 2.33. The number of carbonyl (C=O) groups is 1. The number of hydrogen-bond donors (Lipinski definition) is 1. The summed E-state index contributed by atoms with van der Waals surface area (Å²) in [5, 5.41) is 11.7. The zero-order valence-electron chi connectivity index (χ0n) is 11.2. The molecule has 0 aromatic heterocycles. The summed E-state index contributed by atoms with van der Waals surface area (Å²) in [4.78, 5) is 16.3. The molecule has 0 heterocycles. The molecule has 0 aliphatic rings. The van der Waals surface area contributed by atoms with Gasteiger partial charge in [0.2, 0.25) is 0 Å². The van der Waals surface area contributed by atoms with Gasteiger partial charge in [-0.3, -0.25) is 10.1 Å². The molecule has 0 aliphatic carbocycles. The third-order valence-corrected chi connectivity index (χ3v) is 3.46. The van der Waals surface area contributed by atoms with Crippen LogP contribution in [0.2, 0.25) is 0 Å². The number of aliphatic imine (C=N–C) groups is 1. The zero-order chi connectivity index (χ0) is 14.9. The number of rotatable bonds is 4. The molecular weight excluding hydrogens is 282 g/mol. The minimum absolute atomic E-state index is 0.00102. The first-order valence-corrected chi connectivity index (χ1v) is 7.28. The average molecular weight is 295 g/mol. The van der Waals surface area contributed by atoms with E-state index < -0.39 is 0 Å². The average Bonchev–Trinajstić information content (AvgIpc) is 2.54. The van der Waals surface area contributed by atoms with Crippen LogP contribution < -0.4 is 5.32 Å². The third kappa shape index (κ3) is 4.79. The molecule has 0 fully saturated rings. The molecule has 2 aromatic carbocycles. The minimum atomic E-state index is 0.00102. The van der Waals surface area contributed by atoms with Crippen molar-refractivity contribution in [3.63, 3.8) is 0 Å². The van der Waals surface area contributed by atoms with Gasteiger partial charge in [0.25, 0.3) is 0 Å². The Bertz CT molecular complexity index is 663. The first kappa shape index (κ1) is 14.8. The van der Waals surface area contributed by atoms with Crippen LogP contribution in [0.25, 0.3) is 0 Å². The lowest BCUT2D eigenvalue weighted by Crippen LogP contribution is -2.16. The number of nitriles is 1. The zero-order valence-corrected chi connectivity index (χ0v) is 12.0. The molecule has 104 valence electrons. The van der Waals surface area contributed by atoms with E-state index in [0.29, 0.717) is 10.7 Å². The Balaban J connectivity index is 2.03. The van der Waals surface area contributed by atoms with Crippen molar-refractivity contribution in [2.45, 2.75) is 0 Å². The van der Waals surface area contributed by atoms with Crippen LogP contribution in [0.15, 0.2) is 65.7 Å². The van der Waals surface area contributed by atoms with Gasteiger partial charge < -0.3 is 0 Å². The van der Waals surface area contributed by atoms with Crippen molar-refractivity contribution < 1.29 is 4.79 Å². The van der Waals surface area contributed by atoms with Gasteiger partial charge in [-0.05, 0) is 12.1 Å². The standard InChI is InChI=1S/C16H13N3OS/c17-12-18-16(19-14-9-5-2-6-10-14)21-11-15(20)13-7-3-1-4-8-13/h1-10H,11H2,(H,18,19). The van der Waals surface area contributed by atoms with Crippen LogP contribution in [0.1, 0.15) is 10.4 Å². The Morgan fingerprint density at radius 1 is 1.10 bits per heavy atom. The third-order valence-electron chi connectivity index (χ3n) is 2.59. The van der Waals surface area contributed by atoms with Crippen molar-refractivity contribution in [3.05, 3.63) is 66.2 Å². The monoisotopic (exact) mass is 295 g/mol. The van der Waals surface area contributed by atoms with Crippen LogP contribution in [0.5, 0.6) is 0 Å². The molecule has 0 radical (unpaired) electrons. The highest BCUT2D eigenvalue weighted by molar-refractivity contribution is 8.14. The lowest BCUT2D eigenvalue weighted by atomic mass is 10.2. The lowest BCUT2D eigenvalue weighted by Gasteiger charge is -2.04. The molecule has 0 saturated carbocycles. The molecule has 0 aliphatic heterocycles. The molecule has 0 bridgehead atoms. The highest BCUT2D eigenvalue weighted by Gasteiger charge is 2.08. The predicted molar refractivity (Wildman–Crippen MR) is 85.5 cm³/mol. The molecule has 4 nitrogen and oxygen atoms in total. The van der Waals surface area contributed by atoms with Crippen LogP contribution in [-0.2, 0) is 0 Å². The van der Waals surface area contributed by atoms with Crippen LogP contribution >= 0.6 is 11.8 Å². The van der Waals surface area contributed by atoms with Crippen LogP contribution in [-0.4, -0.2) is 16.7 Å². The Kier molecular flexibility index (Phi) is 5.56. The fraction of sp³-hybridized carbons (Fsp3) is 0.0625. The molecule has 0 saturated heterocycles. The van der Waals surface area contributed by atoms with E-state index in [-0.39, 0.29) is 11.5 Å². The Hall–Kier alpha value is -2.58. The van der Waals surface area contributed by atoms with Crippen LogP contribution in [0.4, 0.5) is 5.69 Å². The largest absolute Gasteiger partial charge is 0.293 e. The van der Waals surface area contributed by atoms with Crippen molar-refractivity contribution in [3.8, 4) is 6.19 Å². The van der Waals surface area contributed by atoms with Crippen LogP contribution in [0, 0.1) is 11.5 Å². The van der Waals surface area contributed by atoms with E-state index in [1.165, 1.54) is 11.8 Å². The van der Waals surface area contributed by atoms with E-state index in [4.69, 9.17) is 5.26 Å². The number of amidine groups is 1. The van der Waals surface area contributed by atoms with Gasteiger partial charge in [-0.1, -0.05) is 60.3 Å². The molecule has 0 amide bonds. The summed E-state index contributed by atoms with van der Waals surface area (Å²) in [7, 11) is 0. The Morgan fingerprint density at radius 3 is 2.33 bits per heavy atom. The highest BCUT2D eigenvalue weighted by atomic mass is 32.2. The summed E-state index contributed by atoms with van der Waals surface area (Å²) in [6, 6.07) is 18.3. The topological polar surface area (TPSA) is 65.2 Å². The number of nitrogens with zero attached hydrogens (tertiary/aromatic N) is 2. The van der Waals surface area contributed by atoms with Crippen molar-refractivity contribution in [2.75, 3.05) is 5.75 Å². The van der Waals surface area contributed by atoms with Gasteiger partial charge in [0.1, 0.15) is 0 Å². The second-order valence-corrected chi connectivity index (χ2v) is 5.03. The number of para-hydroxylation sites is 1. The number of ketones is 1. The van der Waals surface area contributed by atoms with E-state index in [2.05, 4.69) is 10.3 Å². The van der Waals surface area contributed by atoms with E-state index in [1.54, 1.807) is 12.1 Å². The molecule has 2 rings (SSSR count). The van der Waals surface area contributed by atoms with Gasteiger partial charge in [0.05, 0.1) is 11.4 Å². The van der Waals surface area contributed by atoms with Gasteiger partial charge in [-0.25, -0.2) is 4.99 Å². The maximum absolute atomic E-state index is 12.0. The van der Waals surface area contributed by atoms with Gasteiger partial charge in [-0.15, -0.1) is 0 Å². The summed E-state index contributed by atoms with van der Waals surface area (Å²) < 4.78 is 0. The van der Waals surface area contributed by atoms with Crippen molar-refractivity contribution >= 4 is 28.4 Å². The molecule has 5 heteroatoms. The molecule has 2 aromatic rings. The fourth-order valence-electron chi connectivity index (χ4n) is 1.61. The number of thioether (sulfide) groups is 1. The molecule has 1 N–H and O–H groups in total. The normalized spacial score (nSPS) is 10.7. The quantitative estimate of drug-likeness (QED) is 0.309. The Morgan fingerprint density at radius 2 is 1.71 bits per heavy atom. The van der Waals surface area contributed by atoms with Gasteiger partial charge in [0, 0.05) is 5.56 Å². The van der Waals surface area contributed by atoms with E-state index >= 15 is 0 Å². The Labute approximate surface area is 127 Å². The molecule has 21 heavy (non-hydrogen) atoms. The number of hydrogen-bond acceptors (Lipinski definition) is 4. The summed E-state index contributed by atoms with van der Waals surface area (Å²) in [5.41, 5.74) is 1.39. The van der Waals surface area contributed by atoms with Crippen molar-refractivity contribution in [1.82, 2.24) is 5.32 Å². The minimum Gasteiger partial charge on any atom is -0.293 e.